The summed E-state index contributed by atoms with van der Waals surface area (Å²) in [4.78, 5) is 10.9. The van der Waals surface area contributed by atoms with Crippen LogP contribution in [0.2, 0.25) is 0 Å². The maximum atomic E-state index is 13.7. The van der Waals surface area contributed by atoms with E-state index in [1.54, 1.807) is 25.3 Å². The van der Waals surface area contributed by atoms with Crippen molar-refractivity contribution in [2.75, 3.05) is 7.11 Å². The quantitative estimate of drug-likeness (QED) is 0.790. The van der Waals surface area contributed by atoms with Gasteiger partial charge < -0.3 is 9.47 Å². The number of carbonyl (C=O) groups excluding carboxylic acids is 1. The van der Waals surface area contributed by atoms with Crippen LogP contribution in [0.5, 0.6) is 17.2 Å². The van der Waals surface area contributed by atoms with Gasteiger partial charge >= 0.3 is 0 Å². The summed E-state index contributed by atoms with van der Waals surface area (Å²) in [6.45, 7) is 0. The van der Waals surface area contributed by atoms with Gasteiger partial charge in [-0.05, 0) is 46.3 Å². The Bertz CT molecular complexity index is 614. The lowest BCUT2D eigenvalue weighted by molar-refractivity contribution is 0.112. The molecule has 0 aliphatic heterocycles. The highest BCUT2D eigenvalue weighted by atomic mass is 79.9. The van der Waals surface area contributed by atoms with Gasteiger partial charge in [0.1, 0.15) is 11.5 Å². The van der Waals surface area contributed by atoms with E-state index >= 15 is 0 Å². The number of benzene rings is 2. The van der Waals surface area contributed by atoms with E-state index in [2.05, 4.69) is 15.9 Å². The minimum atomic E-state index is -0.590. The van der Waals surface area contributed by atoms with Crippen molar-refractivity contribution in [1.29, 1.82) is 0 Å². The molecule has 0 atom stereocenters. The third-order valence-corrected chi connectivity index (χ3v) is 3.10. The molecule has 0 bridgehead atoms. The highest BCUT2D eigenvalue weighted by molar-refractivity contribution is 9.10. The Balaban J connectivity index is 2.39. The highest BCUT2D eigenvalue weighted by Gasteiger charge is 2.12. The lowest BCUT2D eigenvalue weighted by Crippen LogP contribution is -1.95. The van der Waals surface area contributed by atoms with Crippen molar-refractivity contribution in [2.45, 2.75) is 0 Å². The van der Waals surface area contributed by atoms with Crippen LogP contribution in [0, 0.1) is 5.82 Å². The number of carbonyl (C=O) groups is 1. The van der Waals surface area contributed by atoms with Gasteiger partial charge in [-0.2, -0.15) is 0 Å². The molecule has 2 aromatic carbocycles. The topological polar surface area (TPSA) is 35.5 Å². The maximum absolute atomic E-state index is 13.7. The van der Waals surface area contributed by atoms with E-state index in [0.29, 0.717) is 22.3 Å². The van der Waals surface area contributed by atoms with Gasteiger partial charge in [0.05, 0.1) is 17.1 Å². The molecule has 2 aromatic rings. The second-order valence-corrected chi connectivity index (χ2v) is 4.53. The van der Waals surface area contributed by atoms with E-state index in [1.165, 1.54) is 18.2 Å². The van der Waals surface area contributed by atoms with Crippen LogP contribution in [-0.2, 0) is 0 Å². The normalized spacial score (nSPS) is 10.1. The molecule has 0 amide bonds. The van der Waals surface area contributed by atoms with Crippen LogP contribution in [0.25, 0.3) is 0 Å². The van der Waals surface area contributed by atoms with E-state index in [1.807, 2.05) is 0 Å². The van der Waals surface area contributed by atoms with Crippen molar-refractivity contribution < 1.29 is 18.7 Å². The standard InChI is InChI=1S/C14H10BrFO3/c1-18-10-5-6-13(11(15)7-10)19-14-9(8-17)3-2-4-12(14)16/h2-8H,1H3. The summed E-state index contributed by atoms with van der Waals surface area (Å²) in [5.41, 5.74) is 0.155. The molecule has 0 N–H and O–H groups in total. The average Bonchev–Trinajstić information content (AvgIpc) is 2.42. The van der Waals surface area contributed by atoms with Crippen molar-refractivity contribution >= 4 is 22.2 Å². The number of halogens is 2. The first-order valence-corrected chi connectivity index (χ1v) is 6.20. The molecule has 5 heteroatoms. The molecule has 0 radical (unpaired) electrons. The average molecular weight is 325 g/mol. The molecule has 0 saturated heterocycles. The third-order valence-electron chi connectivity index (χ3n) is 2.48. The Morgan fingerprint density at radius 2 is 2.05 bits per heavy atom. The van der Waals surface area contributed by atoms with Crippen molar-refractivity contribution in [3.05, 3.63) is 52.3 Å². The fraction of sp³-hybridized carbons (Fsp3) is 0.0714. The molecule has 0 fully saturated rings. The number of hydrogen-bond donors (Lipinski definition) is 0. The maximum Gasteiger partial charge on any atom is 0.173 e. The molecule has 0 saturated carbocycles. The molecule has 98 valence electrons. The first-order chi connectivity index (χ1) is 9.15. The van der Waals surface area contributed by atoms with Gasteiger partial charge in [-0.3, -0.25) is 4.79 Å². The van der Waals surface area contributed by atoms with E-state index in [9.17, 15) is 9.18 Å². The minimum absolute atomic E-state index is 0.0941. The molecular weight excluding hydrogens is 315 g/mol. The fourth-order valence-electron chi connectivity index (χ4n) is 1.53. The number of hydrogen-bond acceptors (Lipinski definition) is 3. The van der Waals surface area contributed by atoms with Gasteiger partial charge in [0.15, 0.2) is 17.9 Å². The zero-order chi connectivity index (χ0) is 13.8. The van der Waals surface area contributed by atoms with Gasteiger partial charge in [-0.15, -0.1) is 0 Å². The molecular formula is C14H10BrFO3. The van der Waals surface area contributed by atoms with Crippen molar-refractivity contribution in [1.82, 2.24) is 0 Å². The van der Waals surface area contributed by atoms with Gasteiger partial charge in [-0.1, -0.05) is 6.07 Å². The first kappa shape index (κ1) is 13.5. The molecule has 19 heavy (non-hydrogen) atoms. The van der Waals surface area contributed by atoms with Crippen LogP contribution in [-0.4, -0.2) is 13.4 Å². The summed E-state index contributed by atoms with van der Waals surface area (Å²) >= 11 is 3.30. The molecule has 0 heterocycles. The second-order valence-electron chi connectivity index (χ2n) is 3.67. The van der Waals surface area contributed by atoms with E-state index in [0.717, 1.165) is 0 Å². The predicted octanol–water partition coefficient (Wildman–Crippen LogP) is 4.20. The van der Waals surface area contributed by atoms with E-state index in [-0.39, 0.29) is 11.3 Å². The Morgan fingerprint density at radius 3 is 2.68 bits per heavy atom. The summed E-state index contributed by atoms with van der Waals surface area (Å²) in [7, 11) is 1.55. The predicted molar refractivity (Wildman–Crippen MR) is 72.6 cm³/mol. The zero-order valence-electron chi connectivity index (χ0n) is 10.0. The van der Waals surface area contributed by atoms with Crippen LogP contribution < -0.4 is 9.47 Å². The van der Waals surface area contributed by atoms with Crippen LogP contribution in [0.4, 0.5) is 4.39 Å². The van der Waals surface area contributed by atoms with Gasteiger partial charge in [0.2, 0.25) is 0 Å². The number of para-hydroxylation sites is 1. The van der Waals surface area contributed by atoms with Crippen LogP contribution in [0.3, 0.4) is 0 Å². The van der Waals surface area contributed by atoms with Crippen LogP contribution in [0.15, 0.2) is 40.9 Å². The largest absolute Gasteiger partial charge is 0.497 e. The molecule has 0 spiro atoms. The van der Waals surface area contributed by atoms with Gasteiger partial charge in [0, 0.05) is 0 Å². The number of ether oxygens (including phenoxy) is 2. The minimum Gasteiger partial charge on any atom is -0.497 e. The fourth-order valence-corrected chi connectivity index (χ4v) is 1.97. The second kappa shape index (κ2) is 5.84. The van der Waals surface area contributed by atoms with E-state index < -0.39 is 5.82 Å². The van der Waals surface area contributed by atoms with Gasteiger partial charge in [0.25, 0.3) is 0 Å². The summed E-state index contributed by atoms with van der Waals surface area (Å²) in [5.74, 6) is 0.355. The Morgan fingerprint density at radius 1 is 1.26 bits per heavy atom. The lowest BCUT2D eigenvalue weighted by atomic mass is 10.2. The molecule has 3 nitrogen and oxygen atoms in total. The lowest BCUT2D eigenvalue weighted by Gasteiger charge is -2.11. The summed E-state index contributed by atoms with van der Waals surface area (Å²) in [5, 5.41) is 0. The SMILES string of the molecule is COc1ccc(Oc2c(F)cccc2C=O)c(Br)c1. The number of rotatable bonds is 4. The summed E-state index contributed by atoms with van der Waals surface area (Å²) in [6, 6.07) is 9.18. The van der Waals surface area contributed by atoms with Gasteiger partial charge in [-0.25, -0.2) is 4.39 Å². The Hall–Kier alpha value is -1.88. The Kier molecular flexibility index (Phi) is 4.16. The van der Waals surface area contributed by atoms with Crippen molar-refractivity contribution in [3.8, 4) is 17.2 Å². The third kappa shape index (κ3) is 2.93. The van der Waals surface area contributed by atoms with Crippen molar-refractivity contribution in [3.63, 3.8) is 0 Å². The van der Waals surface area contributed by atoms with Crippen LogP contribution >= 0.6 is 15.9 Å². The molecule has 2 rings (SSSR count). The smallest absolute Gasteiger partial charge is 0.173 e. The number of methoxy groups -OCH3 is 1. The molecule has 0 aliphatic rings. The van der Waals surface area contributed by atoms with Crippen molar-refractivity contribution in [2.24, 2.45) is 0 Å². The molecule has 0 aromatic heterocycles. The summed E-state index contributed by atoms with van der Waals surface area (Å²) < 4.78 is 24.8. The monoisotopic (exact) mass is 324 g/mol. The highest BCUT2D eigenvalue weighted by Crippen LogP contribution is 2.34. The Labute approximate surface area is 118 Å². The molecule has 0 unspecified atom stereocenters. The zero-order valence-corrected chi connectivity index (χ0v) is 11.6. The first-order valence-electron chi connectivity index (χ1n) is 5.41. The summed E-state index contributed by atoms with van der Waals surface area (Å²) in [6.07, 6.45) is 0.551. The number of aldehydes is 1. The van der Waals surface area contributed by atoms with E-state index in [4.69, 9.17) is 9.47 Å². The van der Waals surface area contributed by atoms with Crippen LogP contribution in [0.1, 0.15) is 10.4 Å². The molecule has 0 aliphatic carbocycles.